The van der Waals surface area contributed by atoms with Gasteiger partial charge in [0, 0.05) is 12.8 Å². The average molecular weight is 407 g/mol. The highest BCUT2D eigenvalue weighted by Crippen LogP contribution is 2.24. The summed E-state index contributed by atoms with van der Waals surface area (Å²) in [5.41, 5.74) is 1.04. The number of esters is 2. The smallest absolute Gasteiger partial charge is 0.306 e. The molecule has 0 aliphatic carbocycles. The summed E-state index contributed by atoms with van der Waals surface area (Å²) in [7, 11) is 0. The van der Waals surface area contributed by atoms with Crippen LogP contribution in [0.5, 0.6) is 0 Å². The van der Waals surface area contributed by atoms with E-state index >= 15 is 0 Å². The molecular formula is C24H38O5. The van der Waals surface area contributed by atoms with Gasteiger partial charge in [-0.3, -0.25) is 9.59 Å². The molecule has 0 spiro atoms. The van der Waals surface area contributed by atoms with Crippen LogP contribution in [0.3, 0.4) is 0 Å². The molecule has 0 heterocycles. The number of benzene rings is 1. The zero-order valence-electron chi connectivity index (χ0n) is 18.9. The van der Waals surface area contributed by atoms with Crippen molar-refractivity contribution in [2.45, 2.75) is 67.1 Å². The van der Waals surface area contributed by atoms with Crippen LogP contribution >= 0.6 is 0 Å². The van der Waals surface area contributed by atoms with Gasteiger partial charge in [0.05, 0.1) is 13.2 Å². The molecule has 5 nitrogen and oxygen atoms in total. The van der Waals surface area contributed by atoms with Gasteiger partial charge < -0.3 is 14.2 Å². The van der Waals surface area contributed by atoms with Crippen LogP contribution in [0.1, 0.15) is 59.9 Å². The average Bonchev–Trinajstić information content (AvgIpc) is 2.63. The standard InChI is InChI=1S/C24H38O5/c1-17(2)12-24(26)29-21(15-27-14-20-10-8-7-9-11-20)16-28-23(25)13-22(18(3)4)19(5)6/h7-11,17-19,21-22H,12-16H2,1-6H3/t21-/m0/s1. The first-order chi connectivity index (χ1) is 13.7. The Morgan fingerprint density at radius 2 is 1.45 bits per heavy atom. The first kappa shape index (κ1) is 25.2. The van der Waals surface area contributed by atoms with Crippen molar-refractivity contribution < 1.29 is 23.8 Å². The highest BCUT2D eigenvalue weighted by molar-refractivity contribution is 5.70. The molecule has 0 unspecified atom stereocenters. The number of carbonyl (C=O) groups is 2. The molecular weight excluding hydrogens is 368 g/mol. The third kappa shape index (κ3) is 11.0. The van der Waals surface area contributed by atoms with Crippen molar-refractivity contribution in [3.05, 3.63) is 35.9 Å². The summed E-state index contributed by atoms with van der Waals surface area (Å²) in [4.78, 5) is 24.4. The van der Waals surface area contributed by atoms with Gasteiger partial charge in [-0.15, -0.1) is 0 Å². The molecule has 0 aromatic heterocycles. The van der Waals surface area contributed by atoms with E-state index in [9.17, 15) is 9.59 Å². The fourth-order valence-corrected chi connectivity index (χ4v) is 3.24. The lowest BCUT2D eigenvalue weighted by atomic mass is 9.83. The second-order valence-corrected chi connectivity index (χ2v) is 8.75. The summed E-state index contributed by atoms with van der Waals surface area (Å²) >= 11 is 0. The summed E-state index contributed by atoms with van der Waals surface area (Å²) < 4.78 is 16.7. The molecule has 5 heteroatoms. The Kier molecular flexibility index (Phi) is 11.6. The largest absolute Gasteiger partial charge is 0.462 e. The van der Waals surface area contributed by atoms with E-state index in [-0.39, 0.29) is 37.0 Å². The van der Waals surface area contributed by atoms with Gasteiger partial charge in [-0.2, -0.15) is 0 Å². The van der Waals surface area contributed by atoms with Gasteiger partial charge in [0.2, 0.25) is 0 Å². The maximum atomic E-state index is 12.3. The summed E-state index contributed by atoms with van der Waals surface area (Å²) in [5.74, 6) is 0.706. The van der Waals surface area contributed by atoms with Gasteiger partial charge >= 0.3 is 11.9 Å². The number of carbonyl (C=O) groups excluding carboxylic acids is 2. The molecule has 0 N–H and O–H groups in total. The van der Waals surface area contributed by atoms with E-state index in [1.807, 2.05) is 44.2 Å². The summed E-state index contributed by atoms with van der Waals surface area (Å²) in [6.07, 6.45) is 0.0872. The molecule has 0 bridgehead atoms. The third-order valence-electron chi connectivity index (χ3n) is 4.83. The second kappa shape index (κ2) is 13.4. The third-order valence-corrected chi connectivity index (χ3v) is 4.83. The molecule has 0 fully saturated rings. The molecule has 0 saturated heterocycles. The molecule has 1 aromatic rings. The number of hydrogen-bond acceptors (Lipinski definition) is 5. The van der Waals surface area contributed by atoms with Crippen molar-refractivity contribution in [3.8, 4) is 0 Å². The normalized spacial score (nSPS) is 12.6. The fraction of sp³-hybridized carbons (Fsp3) is 0.667. The van der Waals surface area contributed by atoms with Crippen LogP contribution in [0.25, 0.3) is 0 Å². The SMILES string of the molecule is CC(C)CC(=O)O[C@@H](COCc1ccccc1)COC(=O)CC(C(C)C)C(C)C. The van der Waals surface area contributed by atoms with E-state index in [2.05, 4.69) is 27.7 Å². The molecule has 0 aliphatic heterocycles. The van der Waals surface area contributed by atoms with E-state index < -0.39 is 6.10 Å². The monoisotopic (exact) mass is 406 g/mol. The number of ether oxygens (including phenoxy) is 3. The van der Waals surface area contributed by atoms with Crippen molar-refractivity contribution in [2.75, 3.05) is 13.2 Å². The topological polar surface area (TPSA) is 61.8 Å². The van der Waals surface area contributed by atoms with Crippen LogP contribution < -0.4 is 0 Å². The molecule has 1 atom stereocenters. The van der Waals surface area contributed by atoms with Crippen molar-refractivity contribution in [1.29, 1.82) is 0 Å². The Bertz CT molecular complexity index is 587. The van der Waals surface area contributed by atoms with Crippen molar-refractivity contribution >= 4 is 11.9 Å². The quantitative estimate of drug-likeness (QED) is 0.430. The highest BCUT2D eigenvalue weighted by Gasteiger charge is 2.23. The Morgan fingerprint density at radius 3 is 2.00 bits per heavy atom. The first-order valence-corrected chi connectivity index (χ1v) is 10.7. The van der Waals surface area contributed by atoms with E-state index in [4.69, 9.17) is 14.2 Å². The van der Waals surface area contributed by atoms with Crippen LogP contribution in [0.2, 0.25) is 0 Å². The zero-order valence-corrected chi connectivity index (χ0v) is 18.9. The maximum absolute atomic E-state index is 12.3. The Balaban J connectivity index is 2.57. The van der Waals surface area contributed by atoms with Crippen molar-refractivity contribution in [2.24, 2.45) is 23.7 Å². The van der Waals surface area contributed by atoms with Crippen LogP contribution in [0, 0.1) is 23.7 Å². The minimum absolute atomic E-state index is 0.0143. The van der Waals surface area contributed by atoms with Gasteiger partial charge in [-0.25, -0.2) is 0 Å². The van der Waals surface area contributed by atoms with E-state index in [0.717, 1.165) is 5.56 Å². The predicted octanol–water partition coefficient (Wildman–Crippen LogP) is 5.02. The lowest BCUT2D eigenvalue weighted by molar-refractivity contribution is -0.164. The van der Waals surface area contributed by atoms with E-state index in [1.54, 1.807) is 0 Å². The molecule has 0 aliphatic rings. The van der Waals surface area contributed by atoms with Gasteiger partial charge in [-0.05, 0) is 29.2 Å². The van der Waals surface area contributed by atoms with Crippen LogP contribution in [-0.2, 0) is 30.4 Å². The molecule has 1 aromatic carbocycles. The summed E-state index contributed by atoms with van der Waals surface area (Å²) in [5, 5.41) is 0. The van der Waals surface area contributed by atoms with E-state index in [1.165, 1.54) is 0 Å². The van der Waals surface area contributed by atoms with Crippen molar-refractivity contribution in [3.63, 3.8) is 0 Å². The lowest BCUT2D eigenvalue weighted by Gasteiger charge is -2.24. The fourth-order valence-electron chi connectivity index (χ4n) is 3.24. The van der Waals surface area contributed by atoms with Crippen molar-refractivity contribution in [1.82, 2.24) is 0 Å². The van der Waals surface area contributed by atoms with Gasteiger partial charge in [-0.1, -0.05) is 71.9 Å². The number of hydrogen-bond donors (Lipinski definition) is 0. The predicted molar refractivity (Wildman–Crippen MR) is 114 cm³/mol. The van der Waals surface area contributed by atoms with E-state index in [0.29, 0.717) is 31.3 Å². The maximum Gasteiger partial charge on any atom is 0.306 e. The first-order valence-electron chi connectivity index (χ1n) is 10.7. The van der Waals surface area contributed by atoms with Crippen LogP contribution in [0.15, 0.2) is 30.3 Å². The summed E-state index contributed by atoms with van der Waals surface area (Å²) in [6, 6.07) is 9.78. The minimum atomic E-state index is -0.606. The highest BCUT2D eigenvalue weighted by atomic mass is 16.6. The van der Waals surface area contributed by atoms with Crippen LogP contribution in [0.4, 0.5) is 0 Å². The molecule has 164 valence electrons. The lowest BCUT2D eigenvalue weighted by Crippen LogP contribution is -2.31. The Labute approximate surface area is 176 Å². The van der Waals surface area contributed by atoms with Gasteiger partial charge in [0.15, 0.2) is 6.10 Å². The minimum Gasteiger partial charge on any atom is -0.462 e. The molecule has 0 amide bonds. The van der Waals surface area contributed by atoms with Gasteiger partial charge in [0.1, 0.15) is 6.61 Å². The Hall–Kier alpha value is -1.88. The Morgan fingerprint density at radius 1 is 0.828 bits per heavy atom. The molecule has 1 rings (SSSR count). The molecule has 29 heavy (non-hydrogen) atoms. The van der Waals surface area contributed by atoms with Gasteiger partial charge in [0.25, 0.3) is 0 Å². The number of rotatable bonds is 13. The zero-order chi connectivity index (χ0) is 21.8. The molecule has 0 saturated carbocycles. The van der Waals surface area contributed by atoms with Crippen LogP contribution in [-0.4, -0.2) is 31.3 Å². The summed E-state index contributed by atoms with van der Waals surface area (Å²) in [6.45, 7) is 13.0. The molecule has 0 radical (unpaired) electrons. The second-order valence-electron chi connectivity index (χ2n) is 8.75.